The maximum Gasteiger partial charge on any atom is 0.275 e. The molecule has 1 fully saturated rings. The molecule has 2 rings (SSSR count). The van der Waals surface area contributed by atoms with Gasteiger partial charge in [0.05, 0.1) is 23.7 Å². The average molecular weight is 266 g/mol. The molecule has 0 aliphatic heterocycles. The van der Waals surface area contributed by atoms with Gasteiger partial charge in [0.2, 0.25) is 0 Å². The number of aliphatic hydroxyl groups is 1. The first kappa shape index (κ1) is 13.6. The monoisotopic (exact) mass is 266 g/mol. The maximum absolute atomic E-state index is 10.9. The molecule has 0 unspecified atom stereocenters. The number of nitro benzene ring substituents is 1. The molecule has 0 radical (unpaired) electrons. The fourth-order valence-corrected chi connectivity index (χ4v) is 2.02. The number of ether oxygens (including phenoxy) is 1. The van der Waals surface area contributed by atoms with E-state index in [0.717, 1.165) is 6.42 Å². The molecule has 2 N–H and O–H groups in total. The second kappa shape index (κ2) is 5.88. The number of nitro groups is 1. The summed E-state index contributed by atoms with van der Waals surface area (Å²) in [6.45, 7) is 2.51. The van der Waals surface area contributed by atoms with Crippen LogP contribution in [0.15, 0.2) is 18.2 Å². The zero-order chi connectivity index (χ0) is 13.8. The standard InChI is InChI=1S/C13H18N2O4/c1-2-3-19-13-7-9(4-11(8-13)15(17)18)14-10-5-12(16)6-10/h4,7-8,10,12,14,16H,2-3,5-6H2,1H3. The van der Waals surface area contributed by atoms with Crippen molar-refractivity contribution in [2.75, 3.05) is 11.9 Å². The van der Waals surface area contributed by atoms with Crippen molar-refractivity contribution >= 4 is 11.4 Å². The van der Waals surface area contributed by atoms with E-state index in [-0.39, 0.29) is 17.8 Å². The fraction of sp³-hybridized carbons (Fsp3) is 0.538. The molecule has 6 nitrogen and oxygen atoms in total. The minimum atomic E-state index is -0.431. The number of hydrogen-bond donors (Lipinski definition) is 2. The first-order chi connectivity index (χ1) is 9.08. The number of nitrogens with one attached hydrogen (secondary N) is 1. The summed E-state index contributed by atoms with van der Waals surface area (Å²) in [6, 6.07) is 4.85. The molecule has 0 spiro atoms. The van der Waals surface area contributed by atoms with Crippen LogP contribution in [-0.4, -0.2) is 28.8 Å². The van der Waals surface area contributed by atoms with Gasteiger partial charge in [-0.05, 0) is 19.3 Å². The SMILES string of the molecule is CCCOc1cc(NC2CC(O)C2)cc([N+](=O)[O-])c1. The van der Waals surface area contributed by atoms with Crippen molar-refractivity contribution < 1.29 is 14.8 Å². The summed E-state index contributed by atoms with van der Waals surface area (Å²) < 4.78 is 5.45. The van der Waals surface area contributed by atoms with Crippen LogP contribution in [0.1, 0.15) is 26.2 Å². The Bertz CT molecular complexity index is 458. The number of benzene rings is 1. The van der Waals surface area contributed by atoms with Gasteiger partial charge in [-0.3, -0.25) is 10.1 Å². The summed E-state index contributed by atoms with van der Waals surface area (Å²) in [4.78, 5) is 10.5. The van der Waals surface area contributed by atoms with Crippen LogP contribution in [-0.2, 0) is 0 Å². The third-order valence-corrected chi connectivity index (χ3v) is 3.06. The molecule has 1 aromatic rings. The van der Waals surface area contributed by atoms with Gasteiger partial charge in [-0.15, -0.1) is 0 Å². The summed E-state index contributed by atoms with van der Waals surface area (Å²) in [5.41, 5.74) is 0.674. The van der Waals surface area contributed by atoms with Crippen LogP contribution >= 0.6 is 0 Å². The molecule has 0 amide bonds. The highest BCUT2D eigenvalue weighted by Crippen LogP contribution is 2.30. The van der Waals surface area contributed by atoms with E-state index in [1.54, 1.807) is 6.07 Å². The highest BCUT2D eigenvalue weighted by Gasteiger charge is 2.27. The Morgan fingerprint density at radius 3 is 2.79 bits per heavy atom. The molecule has 1 aromatic carbocycles. The van der Waals surface area contributed by atoms with Crippen LogP contribution in [0.2, 0.25) is 0 Å². The summed E-state index contributed by atoms with van der Waals surface area (Å²) in [5.74, 6) is 0.499. The zero-order valence-corrected chi connectivity index (χ0v) is 10.8. The van der Waals surface area contributed by atoms with E-state index < -0.39 is 4.92 Å². The quantitative estimate of drug-likeness (QED) is 0.609. The maximum atomic E-state index is 10.9. The van der Waals surface area contributed by atoms with Gasteiger partial charge >= 0.3 is 0 Å². The zero-order valence-electron chi connectivity index (χ0n) is 10.8. The predicted molar refractivity (Wildman–Crippen MR) is 71.5 cm³/mol. The van der Waals surface area contributed by atoms with E-state index >= 15 is 0 Å². The molecule has 0 bridgehead atoms. The lowest BCUT2D eigenvalue weighted by Crippen LogP contribution is -2.38. The number of nitrogens with zero attached hydrogens (tertiary/aromatic N) is 1. The highest BCUT2D eigenvalue weighted by molar-refractivity contribution is 5.57. The third kappa shape index (κ3) is 3.57. The predicted octanol–water partition coefficient (Wildman–Crippen LogP) is 2.32. The molecular formula is C13H18N2O4. The molecule has 0 saturated heterocycles. The Morgan fingerprint density at radius 2 is 2.21 bits per heavy atom. The van der Waals surface area contributed by atoms with Gasteiger partial charge in [0, 0.05) is 23.9 Å². The third-order valence-electron chi connectivity index (χ3n) is 3.06. The van der Waals surface area contributed by atoms with Crippen LogP contribution in [0.4, 0.5) is 11.4 Å². The van der Waals surface area contributed by atoms with Gasteiger partial charge in [-0.25, -0.2) is 0 Å². The van der Waals surface area contributed by atoms with Crippen molar-refractivity contribution in [3.05, 3.63) is 28.3 Å². The smallest absolute Gasteiger partial charge is 0.275 e. The Kier molecular flexibility index (Phi) is 4.21. The Hall–Kier alpha value is -1.82. The molecule has 1 aliphatic rings. The van der Waals surface area contributed by atoms with Crippen LogP contribution in [0, 0.1) is 10.1 Å². The Balaban J connectivity index is 2.11. The lowest BCUT2D eigenvalue weighted by atomic mass is 9.89. The first-order valence-electron chi connectivity index (χ1n) is 6.45. The lowest BCUT2D eigenvalue weighted by molar-refractivity contribution is -0.384. The molecular weight excluding hydrogens is 248 g/mol. The van der Waals surface area contributed by atoms with Gasteiger partial charge in [0.25, 0.3) is 5.69 Å². The van der Waals surface area contributed by atoms with Crippen LogP contribution in [0.3, 0.4) is 0 Å². The van der Waals surface area contributed by atoms with E-state index in [1.165, 1.54) is 12.1 Å². The van der Waals surface area contributed by atoms with Gasteiger partial charge in [-0.2, -0.15) is 0 Å². The lowest BCUT2D eigenvalue weighted by Gasteiger charge is -2.32. The second-order valence-electron chi connectivity index (χ2n) is 4.79. The minimum absolute atomic E-state index is 0.0102. The highest BCUT2D eigenvalue weighted by atomic mass is 16.6. The molecule has 104 valence electrons. The number of non-ortho nitro benzene ring substituents is 1. The largest absolute Gasteiger partial charge is 0.493 e. The molecule has 1 saturated carbocycles. The van der Waals surface area contributed by atoms with Crippen molar-refractivity contribution in [2.24, 2.45) is 0 Å². The summed E-state index contributed by atoms with van der Waals surface area (Å²) in [5, 5.41) is 23.3. The van der Waals surface area contributed by atoms with Gasteiger partial charge < -0.3 is 15.2 Å². The van der Waals surface area contributed by atoms with Crippen molar-refractivity contribution in [3.63, 3.8) is 0 Å². The Morgan fingerprint density at radius 1 is 1.47 bits per heavy atom. The molecule has 0 aromatic heterocycles. The number of aliphatic hydroxyl groups excluding tert-OH is 1. The summed E-state index contributed by atoms with van der Waals surface area (Å²) in [7, 11) is 0. The first-order valence-corrected chi connectivity index (χ1v) is 6.45. The van der Waals surface area contributed by atoms with E-state index in [0.29, 0.717) is 30.9 Å². The van der Waals surface area contributed by atoms with Crippen molar-refractivity contribution in [1.82, 2.24) is 0 Å². The molecule has 1 aliphatic carbocycles. The van der Waals surface area contributed by atoms with Crippen LogP contribution < -0.4 is 10.1 Å². The van der Waals surface area contributed by atoms with E-state index in [2.05, 4.69) is 5.32 Å². The van der Waals surface area contributed by atoms with Crippen LogP contribution in [0.25, 0.3) is 0 Å². The number of rotatable bonds is 6. The molecule has 0 atom stereocenters. The molecule has 0 heterocycles. The van der Waals surface area contributed by atoms with Crippen molar-refractivity contribution in [3.8, 4) is 5.75 Å². The second-order valence-corrected chi connectivity index (χ2v) is 4.79. The van der Waals surface area contributed by atoms with Gasteiger partial charge in [-0.1, -0.05) is 6.92 Å². The molecule has 19 heavy (non-hydrogen) atoms. The van der Waals surface area contributed by atoms with Crippen LogP contribution in [0.5, 0.6) is 5.75 Å². The van der Waals surface area contributed by atoms with Gasteiger partial charge in [0.1, 0.15) is 5.75 Å². The number of anilines is 1. The topological polar surface area (TPSA) is 84.6 Å². The van der Waals surface area contributed by atoms with E-state index in [1.807, 2.05) is 6.92 Å². The van der Waals surface area contributed by atoms with Crippen molar-refractivity contribution in [1.29, 1.82) is 0 Å². The molecule has 6 heteroatoms. The fourth-order valence-electron chi connectivity index (χ4n) is 2.02. The normalized spacial score (nSPS) is 21.6. The average Bonchev–Trinajstić information content (AvgIpc) is 2.34. The van der Waals surface area contributed by atoms with Gasteiger partial charge in [0.15, 0.2) is 0 Å². The van der Waals surface area contributed by atoms with E-state index in [4.69, 9.17) is 4.74 Å². The van der Waals surface area contributed by atoms with Crippen molar-refractivity contribution in [2.45, 2.75) is 38.3 Å². The summed E-state index contributed by atoms with van der Waals surface area (Å²) >= 11 is 0. The minimum Gasteiger partial charge on any atom is -0.493 e. The Labute approximate surface area is 111 Å². The number of hydrogen-bond acceptors (Lipinski definition) is 5. The van der Waals surface area contributed by atoms with E-state index in [9.17, 15) is 15.2 Å². The summed E-state index contributed by atoms with van der Waals surface area (Å²) in [6.07, 6.45) is 1.94.